The molecule has 0 aliphatic heterocycles. The molecule has 0 bridgehead atoms. The summed E-state index contributed by atoms with van der Waals surface area (Å²) in [5.74, 6) is -0.866. The molecule has 0 amide bonds. The van der Waals surface area contributed by atoms with Crippen LogP contribution in [0.5, 0.6) is 0 Å². The highest BCUT2D eigenvalue weighted by atomic mass is 16.6. The standard InChI is InChI=1S/C59H110O6/c1-4-7-10-13-16-19-22-24-25-26-27-28-29-30-31-32-33-34-35-36-38-40-43-46-49-52-58(61)64-55-56(54-63-57(60)51-48-45-42-39-21-18-15-12-9-6-3)65-59(62)53-50-47-44-41-37-23-20-17-14-11-8-5-2/h17,20,26-27,56H,4-16,18-19,21-25,28-55H2,1-3H3/b20-17-,27-26-. The summed E-state index contributed by atoms with van der Waals surface area (Å²) >= 11 is 0. The van der Waals surface area contributed by atoms with Gasteiger partial charge in [-0.15, -0.1) is 0 Å². The summed E-state index contributed by atoms with van der Waals surface area (Å²) in [5, 5.41) is 0. The highest BCUT2D eigenvalue weighted by molar-refractivity contribution is 5.71. The van der Waals surface area contributed by atoms with E-state index >= 15 is 0 Å². The lowest BCUT2D eigenvalue weighted by Crippen LogP contribution is -2.30. The van der Waals surface area contributed by atoms with Crippen LogP contribution < -0.4 is 0 Å². The summed E-state index contributed by atoms with van der Waals surface area (Å²) in [4.78, 5) is 38.0. The number of unbranched alkanes of at least 4 members (excludes halogenated alkanes) is 38. The molecule has 0 aliphatic carbocycles. The van der Waals surface area contributed by atoms with E-state index in [9.17, 15) is 14.4 Å². The molecule has 0 N–H and O–H groups in total. The maximum Gasteiger partial charge on any atom is 0.306 e. The van der Waals surface area contributed by atoms with Gasteiger partial charge in [0.05, 0.1) is 0 Å². The van der Waals surface area contributed by atoms with Gasteiger partial charge in [-0.05, 0) is 70.6 Å². The third kappa shape index (κ3) is 52.7. The van der Waals surface area contributed by atoms with Gasteiger partial charge in [0.15, 0.2) is 6.10 Å². The number of hydrogen-bond acceptors (Lipinski definition) is 6. The lowest BCUT2D eigenvalue weighted by atomic mass is 10.0. The van der Waals surface area contributed by atoms with Gasteiger partial charge in [0.2, 0.25) is 0 Å². The number of ether oxygens (including phenoxy) is 3. The second-order valence-corrected chi connectivity index (χ2v) is 19.6. The number of rotatable bonds is 53. The largest absolute Gasteiger partial charge is 0.462 e. The molecule has 0 aromatic carbocycles. The van der Waals surface area contributed by atoms with Gasteiger partial charge in [0.1, 0.15) is 13.2 Å². The first-order valence-corrected chi connectivity index (χ1v) is 28.8. The van der Waals surface area contributed by atoms with Crippen LogP contribution in [0.4, 0.5) is 0 Å². The van der Waals surface area contributed by atoms with Crippen molar-refractivity contribution >= 4 is 17.9 Å². The van der Waals surface area contributed by atoms with E-state index in [4.69, 9.17) is 14.2 Å². The Bertz CT molecular complexity index is 1050. The smallest absolute Gasteiger partial charge is 0.306 e. The zero-order chi connectivity index (χ0) is 47.2. The van der Waals surface area contributed by atoms with Crippen LogP contribution in [0.25, 0.3) is 0 Å². The van der Waals surface area contributed by atoms with Gasteiger partial charge in [0, 0.05) is 19.3 Å². The maximum absolute atomic E-state index is 12.8. The second kappa shape index (κ2) is 54.5. The SMILES string of the molecule is CCCCC/C=C\CCCCCCCC(=O)OC(COC(=O)CCCCCCCCCCCC)COC(=O)CCCCCCCCCCCCCCC/C=C\CCCCCCCCCC. The Morgan fingerprint density at radius 3 is 0.800 bits per heavy atom. The number of allylic oxidation sites excluding steroid dienone is 4. The molecule has 0 saturated carbocycles. The van der Waals surface area contributed by atoms with Crippen molar-refractivity contribution in [1.29, 1.82) is 0 Å². The summed E-state index contributed by atoms with van der Waals surface area (Å²) in [6.45, 7) is 6.63. The third-order valence-electron chi connectivity index (χ3n) is 12.9. The Morgan fingerprint density at radius 1 is 0.292 bits per heavy atom. The Hall–Kier alpha value is -2.11. The molecule has 1 unspecified atom stereocenters. The molecule has 0 radical (unpaired) electrons. The topological polar surface area (TPSA) is 78.9 Å². The van der Waals surface area contributed by atoms with Crippen LogP contribution in [-0.2, 0) is 28.6 Å². The number of carbonyl (C=O) groups excluding carboxylic acids is 3. The molecule has 0 aromatic heterocycles. The molecular formula is C59H110O6. The van der Waals surface area contributed by atoms with Gasteiger partial charge in [-0.1, -0.05) is 251 Å². The van der Waals surface area contributed by atoms with E-state index in [1.807, 2.05) is 0 Å². The summed E-state index contributed by atoms with van der Waals surface area (Å²) in [6.07, 6.45) is 63.3. The van der Waals surface area contributed by atoms with Crippen LogP contribution >= 0.6 is 0 Å². The summed E-state index contributed by atoms with van der Waals surface area (Å²) < 4.78 is 16.8. The molecule has 6 heteroatoms. The first-order chi connectivity index (χ1) is 32.0. The van der Waals surface area contributed by atoms with Crippen molar-refractivity contribution in [3.8, 4) is 0 Å². The van der Waals surface area contributed by atoms with Crippen LogP contribution in [0.3, 0.4) is 0 Å². The molecule has 0 aliphatic rings. The maximum atomic E-state index is 12.8. The highest BCUT2D eigenvalue weighted by Gasteiger charge is 2.19. The van der Waals surface area contributed by atoms with Crippen molar-refractivity contribution in [2.24, 2.45) is 0 Å². The third-order valence-corrected chi connectivity index (χ3v) is 12.9. The van der Waals surface area contributed by atoms with Gasteiger partial charge in [0.25, 0.3) is 0 Å². The van der Waals surface area contributed by atoms with Gasteiger partial charge in [-0.2, -0.15) is 0 Å². The molecule has 0 aromatic rings. The number of esters is 3. The van der Waals surface area contributed by atoms with Gasteiger partial charge >= 0.3 is 17.9 Å². The minimum atomic E-state index is -0.770. The predicted octanol–water partition coefficient (Wildman–Crippen LogP) is 19.1. The molecule has 0 spiro atoms. The lowest BCUT2D eigenvalue weighted by Gasteiger charge is -2.18. The monoisotopic (exact) mass is 915 g/mol. The molecule has 1 atom stereocenters. The van der Waals surface area contributed by atoms with Gasteiger partial charge in [-0.25, -0.2) is 0 Å². The second-order valence-electron chi connectivity index (χ2n) is 19.6. The van der Waals surface area contributed by atoms with Crippen LogP contribution in [0.2, 0.25) is 0 Å². The zero-order valence-electron chi connectivity index (χ0n) is 43.8. The molecule has 6 nitrogen and oxygen atoms in total. The van der Waals surface area contributed by atoms with E-state index in [-0.39, 0.29) is 31.1 Å². The van der Waals surface area contributed by atoms with Crippen molar-refractivity contribution in [3.63, 3.8) is 0 Å². The predicted molar refractivity (Wildman–Crippen MR) is 279 cm³/mol. The minimum absolute atomic E-state index is 0.0705. The molecule has 0 heterocycles. The van der Waals surface area contributed by atoms with Gasteiger partial charge in [-0.3, -0.25) is 14.4 Å². The highest BCUT2D eigenvalue weighted by Crippen LogP contribution is 2.16. The molecule has 0 saturated heterocycles. The fourth-order valence-corrected chi connectivity index (χ4v) is 8.55. The van der Waals surface area contributed by atoms with Gasteiger partial charge < -0.3 is 14.2 Å². The Labute approximate surface area is 404 Å². The Kier molecular flexibility index (Phi) is 52.7. The van der Waals surface area contributed by atoms with E-state index in [1.165, 1.54) is 212 Å². The van der Waals surface area contributed by atoms with E-state index in [2.05, 4.69) is 45.1 Å². The summed E-state index contributed by atoms with van der Waals surface area (Å²) in [5.41, 5.74) is 0. The van der Waals surface area contributed by atoms with E-state index in [0.717, 1.165) is 64.2 Å². The molecule has 382 valence electrons. The number of carbonyl (C=O) groups is 3. The fourth-order valence-electron chi connectivity index (χ4n) is 8.55. The van der Waals surface area contributed by atoms with Crippen molar-refractivity contribution in [2.45, 2.75) is 322 Å². The molecular weight excluding hydrogens is 805 g/mol. The molecule has 65 heavy (non-hydrogen) atoms. The van der Waals surface area contributed by atoms with Crippen LogP contribution in [0.1, 0.15) is 316 Å². The van der Waals surface area contributed by atoms with Crippen LogP contribution in [0, 0.1) is 0 Å². The van der Waals surface area contributed by atoms with Crippen molar-refractivity contribution in [3.05, 3.63) is 24.3 Å². The minimum Gasteiger partial charge on any atom is -0.462 e. The number of hydrogen-bond donors (Lipinski definition) is 0. The summed E-state index contributed by atoms with van der Waals surface area (Å²) in [7, 11) is 0. The first-order valence-electron chi connectivity index (χ1n) is 28.8. The van der Waals surface area contributed by atoms with E-state index < -0.39 is 6.10 Å². The molecule has 0 rings (SSSR count). The Morgan fingerprint density at radius 2 is 0.508 bits per heavy atom. The average Bonchev–Trinajstić information content (AvgIpc) is 3.30. The fraction of sp³-hybridized carbons (Fsp3) is 0.881. The first kappa shape index (κ1) is 62.9. The normalized spacial score (nSPS) is 12.1. The van der Waals surface area contributed by atoms with E-state index in [0.29, 0.717) is 19.3 Å². The average molecular weight is 916 g/mol. The van der Waals surface area contributed by atoms with Crippen molar-refractivity contribution in [1.82, 2.24) is 0 Å². The Balaban J connectivity index is 4.14. The van der Waals surface area contributed by atoms with Crippen molar-refractivity contribution < 1.29 is 28.6 Å². The van der Waals surface area contributed by atoms with Crippen LogP contribution in [-0.4, -0.2) is 37.2 Å². The summed E-state index contributed by atoms with van der Waals surface area (Å²) in [6, 6.07) is 0. The van der Waals surface area contributed by atoms with Crippen LogP contribution in [0.15, 0.2) is 24.3 Å². The quantitative estimate of drug-likeness (QED) is 0.0262. The van der Waals surface area contributed by atoms with E-state index in [1.54, 1.807) is 0 Å². The zero-order valence-corrected chi connectivity index (χ0v) is 43.8. The molecule has 0 fully saturated rings. The van der Waals surface area contributed by atoms with Crippen molar-refractivity contribution in [2.75, 3.05) is 13.2 Å². The lowest BCUT2D eigenvalue weighted by molar-refractivity contribution is -0.167.